The third kappa shape index (κ3) is 5.45. The molecule has 3 rings (SSSR count). The Morgan fingerprint density at radius 2 is 2.16 bits per heavy atom. The molecule has 0 fully saturated rings. The number of aromatic nitrogens is 4. The van der Waals surface area contributed by atoms with Crippen LogP contribution in [0.1, 0.15) is 11.5 Å². The number of thioether (sulfide) groups is 1. The van der Waals surface area contributed by atoms with Crippen LogP contribution in [0.15, 0.2) is 34.8 Å². The molecule has 1 amide bonds. The number of hydrogen-bond acceptors (Lipinski definition) is 7. The molecule has 0 aliphatic heterocycles. The van der Waals surface area contributed by atoms with Crippen molar-refractivity contribution < 1.29 is 9.53 Å². The van der Waals surface area contributed by atoms with E-state index in [9.17, 15) is 4.79 Å². The van der Waals surface area contributed by atoms with E-state index >= 15 is 0 Å². The van der Waals surface area contributed by atoms with Crippen molar-refractivity contribution in [3.05, 3.63) is 46.2 Å². The van der Waals surface area contributed by atoms with Gasteiger partial charge in [-0.15, -0.1) is 16.4 Å². The van der Waals surface area contributed by atoms with Gasteiger partial charge in [0, 0.05) is 10.4 Å². The maximum Gasteiger partial charge on any atom is 0.236 e. The molecule has 0 atom stereocenters. The lowest BCUT2D eigenvalue weighted by Crippen LogP contribution is -2.13. The predicted molar refractivity (Wildman–Crippen MR) is 98.4 cm³/mol. The van der Waals surface area contributed by atoms with Gasteiger partial charge < -0.3 is 10.1 Å². The molecule has 7 nitrogen and oxygen atoms in total. The van der Waals surface area contributed by atoms with E-state index in [4.69, 9.17) is 16.3 Å². The molecule has 1 aromatic carbocycles. The van der Waals surface area contributed by atoms with Crippen molar-refractivity contribution in [2.75, 3.05) is 11.1 Å². The van der Waals surface area contributed by atoms with Gasteiger partial charge in [0.25, 0.3) is 0 Å². The number of hydrogen-bond donors (Lipinski definition) is 2. The summed E-state index contributed by atoms with van der Waals surface area (Å²) in [5, 5.41) is 13.2. The molecule has 0 aliphatic rings. The smallest absolute Gasteiger partial charge is 0.236 e. The molecule has 3 aromatic rings. The Balaban J connectivity index is 1.44. The first-order valence-corrected chi connectivity index (χ1v) is 9.47. The average molecular weight is 396 g/mol. The summed E-state index contributed by atoms with van der Waals surface area (Å²) in [7, 11) is 0. The molecular weight excluding hydrogens is 382 g/mol. The molecule has 0 aliphatic carbocycles. The highest BCUT2D eigenvalue weighted by molar-refractivity contribution is 7.99. The summed E-state index contributed by atoms with van der Waals surface area (Å²) in [6, 6.07) is 7.06. The van der Waals surface area contributed by atoms with E-state index in [0.29, 0.717) is 26.9 Å². The Morgan fingerprint density at radius 3 is 2.88 bits per heavy atom. The maximum absolute atomic E-state index is 11.9. The van der Waals surface area contributed by atoms with Gasteiger partial charge in [-0.25, -0.2) is 9.97 Å². The summed E-state index contributed by atoms with van der Waals surface area (Å²) in [6.07, 6.45) is 0. The van der Waals surface area contributed by atoms with Gasteiger partial charge in [-0.05, 0) is 31.2 Å². The molecule has 0 spiro atoms. The van der Waals surface area contributed by atoms with Crippen LogP contribution in [0, 0.1) is 6.92 Å². The Morgan fingerprint density at radius 1 is 1.36 bits per heavy atom. The second kappa shape index (κ2) is 8.32. The minimum absolute atomic E-state index is 0.150. The fraction of sp³-hybridized carbons (Fsp3) is 0.200. The van der Waals surface area contributed by atoms with Crippen molar-refractivity contribution in [2.24, 2.45) is 0 Å². The number of rotatable bonds is 7. The number of amides is 1. The largest absolute Gasteiger partial charge is 0.486 e. The van der Waals surface area contributed by atoms with E-state index in [1.807, 2.05) is 12.3 Å². The predicted octanol–water partition coefficient (Wildman–Crippen LogP) is 3.53. The second-order valence-electron chi connectivity index (χ2n) is 4.94. The quantitative estimate of drug-likeness (QED) is 0.594. The van der Waals surface area contributed by atoms with E-state index in [1.54, 1.807) is 24.3 Å². The van der Waals surface area contributed by atoms with Crippen LogP contribution in [-0.4, -0.2) is 31.8 Å². The molecule has 10 heteroatoms. The summed E-state index contributed by atoms with van der Waals surface area (Å²) in [4.78, 5) is 20.3. The number of aryl methyl sites for hydroxylation is 1. The molecule has 0 saturated carbocycles. The Labute approximate surface area is 157 Å². The zero-order valence-corrected chi connectivity index (χ0v) is 15.5. The normalized spacial score (nSPS) is 10.6. The van der Waals surface area contributed by atoms with Crippen molar-refractivity contribution in [3.63, 3.8) is 0 Å². The Hall–Kier alpha value is -2.10. The van der Waals surface area contributed by atoms with Gasteiger partial charge >= 0.3 is 0 Å². The fourth-order valence-corrected chi connectivity index (χ4v) is 3.23. The van der Waals surface area contributed by atoms with Gasteiger partial charge in [-0.2, -0.15) is 0 Å². The highest BCUT2D eigenvalue weighted by atomic mass is 35.5. The number of carbonyl (C=O) groups is 1. The van der Waals surface area contributed by atoms with Crippen LogP contribution in [0.5, 0.6) is 5.75 Å². The maximum atomic E-state index is 11.9. The number of nitrogens with zero attached hydrogens (tertiary/aromatic N) is 3. The van der Waals surface area contributed by atoms with Crippen molar-refractivity contribution >= 4 is 45.7 Å². The molecule has 0 bridgehead atoms. The minimum Gasteiger partial charge on any atom is -0.486 e. The van der Waals surface area contributed by atoms with Crippen LogP contribution in [0.2, 0.25) is 5.02 Å². The highest BCUT2D eigenvalue weighted by Crippen LogP contribution is 2.18. The molecule has 0 saturated heterocycles. The van der Waals surface area contributed by atoms with E-state index in [1.165, 1.54) is 23.1 Å². The molecule has 2 N–H and O–H groups in total. The molecular formula is C15H14ClN5O2S2. The van der Waals surface area contributed by atoms with Crippen LogP contribution in [0.4, 0.5) is 5.13 Å². The molecule has 2 heterocycles. The number of aromatic amines is 1. The fourth-order valence-electron chi connectivity index (χ4n) is 1.79. The average Bonchev–Trinajstić information content (AvgIpc) is 3.21. The zero-order valence-electron chi connectivity index (χ0n) is 13.2. The molecule has 0 radical (unpaired) electrons. The lowest BCUT2D eigenvalue weighted by Gasteiger charge is -2.03. The monoisotopic (exact) mass is 395 g/mol. The summed E-state index contributed by atoms with van der Waals surface area (Å²) in [5.74, 6) is 1.32. The van der Waals surface area contributed by atoms with Gasteiger partial charge in [0.05, 0.1) is 11.4 Å². The van der Waals surface area contributed by atoms with Gasteiger partial charge in [0.15, 0.2) is 11.0 Å². The van der Waals surface area contributed by atoms with Crippen LogP contribution in [0.25, 0.3) is 0 Å². The lowest BCUT2D eigenvalue weighted by atomic mass is 10.3. The first-order chi connectivity index (χ1) is 12.1. The van der Waals surface area contributed by atoms with Crippen LogP contribution in [-0.2, 0) is 11.4 Å². The third-order valence-corrected chi connectivity index (χ3v) is 4.87. The van der Waals surface area contributed by atoms with E-state index in [-0.39, 0.29) is 18.3 Å². The van der Waals surface area contributed by atoms with E-state index in [0.717, 1.165) is 5.69 Å². The summed E-state index contributed by atoms with van der Waals surface area (Å²) in [6.45, 7) is 2.13. The number of halogens is 1. The number of nitrogens with one attached hydrogen (secondary N) is 2. The highest BCUT2D eigenvalue weighted by Gasteiger charge is 2.10. The third-order valence-electron chi connectivity index (χ3n) is 2.90. The van der Waals surface area contributed by atoms with Crippen LogP contribution in [0.3, 0.4) is 0 Å². The van der Waals surface area contributed by atoms with Crippen molar-refractivity contribution in [3.8, 4) is 5.75 Å². The first kappa shape index (κ1) is 17.7. The topological polar surface area (TPSA) is 92.8 Å². The Kier molecular flexibility index (Phi) is 5.90. The number of H-pyrrole nitrogens is 1. The van der Waals surface area contributed by atoms with Gasteiger partial charge in [-0.1, -0.05) is 23.4 Å². The van der Waals surface area contributed by atoms with E-state index in [2.05, 4.69) is 25.5 Å². The van der Waals surface area contributed by atoms with Crippen LogP contribution < -0.4 is 10.1 Å². The molecule has 25 heavy (non-hydrogen) atoms. The van der Waals surface area contributed by atoms with Gasteiger partial charge in [0.1, 0.15) is 12.4 Å². The number of thiazole rings is 1. The standard InChI is InChI=1S/C15H14ClN5O2S2/c1-9-7-24-14(17-9)19-13(22)8-25-15-18-12(20-21-15)6-23-11-4-2-10(16)3-5-11/h2-5,7H,6,8H2,1H3,(H,17,19,22)(H,18,20,21). The SMILES string of the molecule is Cc1csc(NC(=O)CSc2n[nH]c(COc3ccc(Cl)cc3)n2)n1. The van der Waals surface area contributed by atoms with Crippen LogP contribution >= 0.6 is 34.7 Å². The lowest BCUT2D eigenvalue weighted by molar-refractivity contribution is -0.113. The van der Waals surface area contributed by atoms with Gasteiger partial charge in [-0.3, -0.25) is 9.89 Å². The summed E-state index contributed by atoms with van der Waals surface area (Å²) < 4.78 is 5.58. The summed E-state index contributed by atoms with van der Waals surface area (Å²) in [5.41, 5.74) is 0.882. The number of benzene rings is 1. The number of carbonyl (C=O) groups excluding carboxylic acids is 1. The zero-order chi connectivity index (χ0) is 17.6. The molecule has 130 valence electrons. The van der Waals surface area contributed by atoms with Crippen molar-refractivity contribution in [1.82, 2.24) is 20.2 Å². The molecule has 0 unspecified atom stereocenters. The second-order valence-corrected chi connectivity index (χ2v) is 7.18. The van der Waals surface area contributed by atoms with E-state index < -0.39 is 0 Å². The summed E-state index contributed by atoms with van der Waals surface area (Å²) >= 11 is 8.45. The van der Waals surface area contributed by atoms with Crippen molar-refractivity contribution in [2.45, 2.75) is 18.7 Å². The first-order valence-electron chi connectivity index (χ1n) is 7.23. The number of anilines is 1. The Bertz CT molecular complexity index is 850. The minimum atomic E-state index is -0.150. The van der Waals surface area contributed by atoms with Gasteiger partial charge in [0.2, 0.25) is 11.1 Å². The molecule has 2 aromatic heterocycles. The number of ether oxygens (including phenoxy) is 1. The van der Waals surface area contributed by atoms with Crippen molar-refractivity contribution in [1.29, 1.82) is 0 Å².